The molecule has 0 spiro atoms. The summed E-state index contributed by atoms with van der Waals surface area (Å²) >= 11 is 0. The maximum absolute atomic E-state index is 13.0. The normalized spacial score (nSPS) is 17.3. The predicted molar refractivity (Wildman–Crippen MR) is 114 cm³/mol. The van der Waals surface area contributed by atoms with Crippen LogP contribution in [0.5, 0.6) is 11.5 Å². The Labute approximate surface area is 176 Å². The molecule has 0 saturated carbocycles. The number of hydrogen-bond acceptors (Lipinski definition) is 6. The lowest BCUT2D eigenvalue weighted by atomic mass is 10.1. The Morgan fingerprint density at radius 1 is 1.03 bits per heavy atom. The summed E-state index contributed by atoms with van der Waals surface area (Å²) < 4.78 is 34.7. The molecule has 1 atom stereocenters. The Morgan fingerprint density at radius 3 is 2.20 bits per heavy atom. The molecule has 2 aromatic carbocycles. The lowest BCUT2D eigenvalue weighted by Gasteiger charge is -2.28. The van der Waals surface area contributed by atoms with Crippen molar-refractivity contribution in [2.45, 2.75) is 25.8 Å². The van der Waals surface area contributed by atoms with Gasteiger partial charge in [-0.05, 0) is 55.0 Å². The van der Waals surface area contributed by atoms with Gasteiger partial charge in [0.2, 0.25) is 0 Å². The van der Waals surface area contributed by atoms with Crippen LogP contribution in [0.25, 0.3) is 0 Å². The van der Waals surface area contributed by atoms with Gasteiger partial charge in [-0.1, -0.05) is 6.92 Å². The molecule has 1 amide bonds. The summed E-state index contributed by atoms with van der Waals surface area (Å²) in [6.45, 7) is 1.55. The van der Waals surface area contributed by atoms with Gasteiger partial charge in [0.1, 0.15) is 11.5 Å². The molecule has 3 rings (SSSR count). The van der Waals surface area contributed by atoms with Crippen LogP contribution in [0.15, 0.2) is 48.5 Å². The average molecular weight is 432 g/mol. The third-order valence-electron chi connectivity index (χ3n) is 5.05. The lowest BCUT2D eigenvalue weighted by molar-refractivity contribution is -0.121. The van der Waals surface area contributed by atoms with Gasteiger partial charge in [-0.25, -0.2) is 8.42 Å². The second-order valence-electron chi connectivity index (χ2n) is 7.11. The molecule has 0 bridgehead atoms. The number of rotatable bonds is 8. The highest BCUT2D eigenvalue weighted by molar-refractivity contribution is 7.91. The lowest BCUT2D eigenvalue weighted by Crippen LogP contribution is -2.43. The van der Waals surface area contributed by atoms with Gasteiger partial charge in [-0.15, -0.1) is 0 Å². The molecule has 7 nitrogen and oxygen atoms in total. The molecule has 0 aliphatic carbocycles. The molecular weight excluding hydrogens is 406 g/mol. The van der Waals surface area contributed by atoms with Crippen LogP contribution >= 0.6 is 0 Å². The van der Waals surface area contributed by atoms with Crippen molar-refractivity contribution >= 4 is 27.2 Å². The number of hydrogen-bond donors (Lipinski definition) is 0. The number of ketones is 1. The average Bonchev–Trinajstić information content (AvgIpc) is 3.11. The minimum atomic E-state index is -3.17. The van der Waals surface area contributed by atoms with E-state index in [-0.39, 0.29) is 29.8 Å². The highest BCUT2D eigenvalue weighted by Gasteiger charge is 2.35. The van der Waals surface area contributed by atoms with Gasteiger partial charge in [0.25, 0.3) is 5.91 Å². The molecule has 0 N–H and O–H groups in total. The zero-order valence-electron chi connectivity index (χ0n) is 17.0. The second kappa shape index (κ2) is 9.30. The van der Waals surface area contributed by atoms with Gasteiger partial charge in [0.15, 0.2) is 22.2 Å². The quantitative estimate of drug-likeness (QED) is 0.597. The van der Waals surface area contributed by atoms with Crippen LogP contribution in [0.1, 0.15) is 30.1 Å². The molecule has 8 heteroatoms. The maximum atomic E-state index is 13.0. The van der Waals surface area contributed by atoms with Crippen molar-refractivity contribution in [3.05, 3.63) is 54.1 Å². The summed E-state index contributed by atoms with van der Waals surface area (Å²) in [6.07, 6.45) is 0.799. The second-order valence-corrected chi connectivity index (χ2v) is 9.34. The fourth-order valence-corrected chi connectivity index (χ4v) is 5.14. The van der Waals surface area contributed by atoms with E-state index >= 15 is 0 Å². The number of sulfone groups is 1. The van der Waals surface area contributed by atoms with E-state index in [1.165, 1.54) is 4.90 Å². The van der Waals surface area contributed by atoms with Gasteiger partial charge < -0.3 is 14.4 Å². The Kier molecular flexibility index (Phi) is 6.77. The topological polar surface area (TPSA) is 90.0 Å². The maximum Gasteiger partial charge on any atom is 0.265 e. The highest BCUT2D eigenvalue weighted by Crippen LogP contribution is 2.27. The molecule has 0 radical (unpaired) electrons. The van der Waals surface area contributed by atoms with Crippen molar-refractivity contribution in [1.29, 1.82) is 0 Å². The zero-order chi connectivity index (χ0) is 21.7. The number of amides is 1. The van der Waals surface area contributed by atoms with Crippen LogP contribution < -0.4 is 14.4 Å². The van der Waals surface area contributed by atoms with E-state index in [2.05, 4.69) is 0 Å². The molecular formula is C22H25NO6S. The van der Waals surface area contributed by atoms with Crippen LogP contribution in [-0.4, -0.2) is 51.4 Å². The molecule has 1 saturated heterocycles. The molecule has 1 aliphatic heterocycles. The smallest absolute Gasteiger partial charge is 0.265 e. The minimum Gasteiger partial charge on any atom is -0.497 e. The molecule has 1 heterocycles. The number of methoxy groups -OCH3 is 1. The summed E-state index contributed by atoms with van der Waals surface area (Å²) in [5.74, 6) is 0.791. The molecule has 160 valence electrons. The number of benzene rings is 2. The van der Waals surface area contributed by atoms with Gasteiger partial charge in [0, 0.05) is 17.7 Å². The standard InChI is InChI=1S/C22H25NO6S/c1-3-21(24)16-4-8-20(9-5-16)29-14-22(25)23(18-12-13-30(26,27)15-18)17-6-10-19(28-2)11-7-17/h4-11,18H,3,12-15H2,1-2H3. The number of carbonyl (C=O) groups excluding carboxylic acids is 2. The van der Waals surface area contributed by atoms with Crippen molar-refractivity contribution in [2.75, 3.05) is 30.1 Å². The first kappa shape index (κ1) is 21.8. The van der Waals surface area contributed by atoms with Crippen molar-refractivity contribution in [2.24, 2.45) is 0 Å². The van der Waals surface area contributed by atoms with E-state index in [4.69, 9.17) is 9.47 Å². The molecule has 1 unspecified atom stereocenters. The number of ether oxygens (including phenoxy) is 2. The molecule has 2 aromatic rings. The number of Topliss-reactive ketones (excluding diaryl/α,β-unsaturated/α-hetero) is 1. The molecule has 0 aromatic heterocycles. The Balaban J connectivity index is 1.75. The SMILES string of the molecule is CCC(=O)c1ccc(OCC(=O)N(c2ccc(OC)cc2)C2CCS(=O)(=O)C2)cc1. The summed E-state index contributed by atoms with van der Waals surface area (Å²) in [5.41, 5.74) is 1.18. The molecule has 30 heavy (non-hydrogen) atoms. The van der Waals surface area contributed by atoms with Gasteiger partial charge in [-0.3, -0.25) is 9.59 Å². The van der Waals surface area contributed by atoms with Crippen LogP contribution in [0.3, 0.4) is 0 Å². The summed E-state index contributed by atoms with van der Waals surface area (Å²) in [6, 6.07) is 13.1. The van der Waals surface area contributed by atoms with E-state index in [1.807, 2.05) is 0 Å². The first-order valence-electron chi connectivity index (χ1n) is 9.75. The number of carbonyl (C=O) groups is 2. The predicted octanol–water partition coefficient (Wildman–Crippen LogP) is 2.89. The zero-order valence-corrected chi connectivity index (χ0v) is 17.9. The summed E-state index contributed by atoms with van der Waals surface area (Å²) in [5, 5.41) is 0. The fraction of sp³-hybridized carbons (Fsp3) is 0.364. The Morgan fingerprint density at radius 2 is 1.67 bits per heavy atom. The van der Waals surface area contributed by atoms with Crippen LogP contribution in [0.2, 0.25) is 0 Å². The van der Waals surface area contributed by atoms with Crippen molar-refractivity contribution in [1.82, 2.24) is 0 Å². The first-order chi connectivity index (χ1) is 14.3. The highest BCUT2D eigenvalue weighted by atomic mass is 32.2. The Bertz CT molecular complexity index is 999. The molecule has 1 aliphatic rings. The van der Waals surface area contributed by atoms with E-state index in [0.717, 1.165) is 0 Å². The van der Waals surface area contributed by atoms with E-state index in [0.29, 0.717) is 35.6 Å². The van der Waals surface area contributed by atoms with Gasteiger partial charge in [-0.2, -0.15) is 0 Å². The van der Waals surface area contributed by atoms with E-state index in [1.54, 1.807) is 62.6 Å². The van der Waals surface area contributed by atoms with E-state index in [9.17, 15) is 18.0 Å². The summed E-state index contributed by atoms with van der Waals surface area (Å²) in [4.78, 5) is 26.2. The van der Waals surface area contributed by atoms with Crippen LogP contribution in [0.4, 0.5) is 5.69 Å². The number of nitrogens with zero attached hydrogens (tertiary/aromatic N) is 1. The van der Waals surface area contributed by atoms with E-state index < -0.39 is 15.9 Å². The van der Waals surface area contributed by atoms with Crippen LogP contribution in [-0.2, 0) is 14.6 Å². The fourth-order valence-electron chi connectivity index (χ4n) is 3.44. The van der Waals surface area contributed by atoms with Crippen LogP contribution in [0, 0.1) is 0 Å². The minimum absolute atomic E-state index is 0.0331. The summed E-state index contributed by atoms with van der Waals surface area (Å²) in [7, 11) is -1.62. The van der Waals surface area contributed by atoms with Crippen molar-refractivity contribution in [3.63, 3.8) is 0 Å². The van der Waals surface area contributed by atoms with Crippen molar-refractivity contribution in [3.8, 4) is 11.5 Å². The Hall–Kier alpha value is -2.87. The first-order valence-corrected chi connectivity index (χ1v) is 11.6. The monoisotopic (exact) mass is 431 g/mol. The van der Waals surface area contributed by atoms with Gasteiger partial charge in [0.05, 0.1) is 24.7 Å². The third kappa shape index (κ3) is 5.18. The molecule has 1 fully saturated rings. The number of anilines is 1. The largest absolute Gasteiger partial charge is 0.497 e. The third-order valence-corrected chi connectivity index (χ3v) is 6.80. The van der Waals surface area contributed by atoms with Crippen molar-refractivity contribution < 1.29 is 27.5 Å². The van der Waals surface area contributed by atoms with Gasteiger partial charge >= 0.3 is 0 Å².